The van der Waals surface area contributed by atoms with Crippen molar-refractivity contribution in [2.75, 3.05) is 11.9 Å². The number of carbonyl (C=O) groups is 1. The molecular formula is C26H45Cl2NO. The molecule has 0 aliphatic carbocycles. The lowest BCUT2D eigenvalue weighted by molar-refractivity contribution is 0.108. The Kier molecular flexibility index (Phi) is 21.0. The number of benzene rings is 1. The quantitative estimate of drug-likeness (QED) is 0.156. The fraction of sp³-hybridized carbons (Fsp3) is 0.731. The van der Waals surface area contributed by atoms with Crippen LogP contribution in [0.15, 0.2) is 24.3 Å². The molecule has 0 bridgehead atoms. The van der Waals surface area contributed by atoms with Crippen LogP contribution in [0.3, 0.4) is 0 Å². The summed E-state index contributed by atoms with van der Waals surface area (Å²) in [4.78, 5) is 11.0. The smallest absolute Gasteiger partial charge is 0.252 e. The fourth-order valence-corrected chi connectivity index (χ4v) is 3.93. The summed E-state index contributed by atoms with van der Waals surface area (Å²) in [5.41, 5.74) is 1.61. The van der Waals surface area contributed by atoms with E-state index in [2.05, 4.69) is 12.2 Å². The number of halogens is 2. The van der Waals surface area contributed by atoms with Crippen molar-refractivity contribution in [1.29, 1.82) is 0 Å². The molecule has 1 aromatic carbocycles. The lowest BCUT2D eigenvalue weighted by Crippen LogP contribution is -2.01. The molecule has 0 radical (unpaired) electrons. The maximum atomic E-state index is 11.0. The number of hydrogen-bond acceptors (Lipinski definition) is 2. The monoisotopic (exact) mass is 457 g/mol. The van der Waals surface area contributed by atoms with Gasteiger partial charge in [-0.15, -0.1) is 12.4 Å². The van der Waals surface area contributed by atoms with Crippen LogP contribution in [0.4, 0.5) is 5.69 Å². The summed E-state index contributed by atoms with van der Waals surface area (Å²) in [5.74, 6) is 0. The van der Waals surface area contributed by atoms with Crippen LogP contribution in [-0.2, 0) is 0 Å². The highest BCUT2D eigenvalue weighted by molar-refractivity contribution is 6.67. The SMILES string of the molecule is CCCCCCCCCCCCCCCCCCCNc1ccc(C(=O)Cl)cc1.Cl. The highest BCUT2D eigenvalue weighted by Gasteiger charge is 2.00. The number of hydrogen-bond donors (Lipinski definition) is 1. The van der Waals surface area contributed by atoms with Crippen molar-refractivity contribution in [3.8, 4) is 0 Å². The van der Waals surface area contributed by atoms with Crippen molar-refractivity contribution in [2.24, 2.45) is 0 Å². The molecule has 1 aromatic rings. The van der Waals surface area contributed by atoms with Gasteiger partial charge in [-0.3, -0.25) is 4.79 Å². The third kappa shape index (κ3) is 17.0. The van der Waals surface area contributed by atoms with Gasteiger partial charge < -0.3 is 5.32 Å². The van der Waals surface area contributed by atoms with Gasteiger partial charge in [0, 0.05) is 17.8 Å². The molecule has 1 rings (SSSR count). The molecule has 0 atom stereocenters. The van der Waals surface area contributed by atoms with E-state index < -0.39 is 5.24 Å². The highest BCUT2D eigenvalue weighted by atomic mass is 35.5. The number of anilines is 1. The van der Waals surface area contributed by atoms with Crippen molar-refractivity contribution in [3.05, 3.63) is 29.8 Å². The normalized spacial score (nSPS) is 10.6. The van der Waals surface area contributed by atoms with Crippen molar-refractivity contribution in [2.45, 2.75) is 116 Å². The summed E-state index contributed by atoms with van der Waals surface area (Å²) in [6.45, 7) is 3.28. The Labute approximate surface area is 197 Å². The summed E-state index contributed by atoms with van der Waals surface area (Å²) in [5, 5.41) is 3.01. The largest absolute Gasteiger partial charge is 0.385 e. The predicted octanol–water partition coefficient (Wildman–Crippen LogP) is 9.55. The Morgan fingerprint density at radius 2 is 1.03 bits per heavy atom. The molecule has 0 aliphatic heterocycles. The Morgan fingerprint density at radius 1 is 0.667 bits per heavy atom. The van der Waals surface area contributed by atoms with Crippen molar-refractivity contribution >= 4 is 34.9 Å². The zero-order valence-corrected chi connectivity index (χ0v) is 20.8. The minimum atomic E-state index is -0.398. The van der Waals surface area contributed by atoms with Crippen LogP contribution in [0.1, 0.15) is 126 Å². The average molecular weight is 459 g/mol. The maximum absolute atomic E-state index is 11.0. The molecule has 0 fully saturated rings. The van der Waals surface area contributed by atoms with Gasteiger partial charge in [-0.25, -0.2) is 0 Å². The van der Waals surface area contributed by atoms with E-state index in [1.54, 1.807) is 12.1 Å². The minimum absolute atomic E-state index is 0. The molecule has 0 aliphatic rings. The van der Waals surface area contributed by atoms with Gasteiger partial charge in [-0.2, -0.15) is 0 Å². The topological polar surface area (TPSA) is 29.1 Å². The molecule has 0 amide bonds. The van der Waals surface area contributed by atoms with Gasteiger partial charge in [0.15, 0.2) is 0 Å². The van der Waals surface area contributed by atoms with Crippen molar-refractivity contribution < 1.29 is 4.79 Å². The standard InChI is InChI=1S/C26H44ClNO.ClH/c1-2-3-4-5-6-7-8-9-10-11-12-13-14-15-16-17-18-23-28-25-21-19-24(20-22-25)26(27)29;/h19-22,28H,2-18,23H2,1H3;1H. The van der Waals surface area contributed by atoms with Gasteiger partial charge in [0.1, 0.15) is 0 Å². The van der Waals surface area contributed by atoms with E-state index in [0.29, 0.717) is 5.56 Å². The van der Waals surface area contributed by atoms with Crippen LogP contribution in [0, 0.1) is 0 Å². The van der Waals surface area contributed by atoms with Crippen molar-refractivity contribution in [3.63, 3.8) is 0 Å². The summed E-state index contributed by atoms with van der Waals surface area (Å²) >= 11 is 5.45. The third-order valence-electron chi connectivity index (χ3n) is 5.72. The summed E-state index contributed by atoms with van der Waals surface area (Å²) in [6.07, 6.45) is 23.8. The second kappa shape index (κ2) is 21.5. The van der Waals surface area contributed by atoms with Crippen LogP contribution in [-0.4, -0.2) is 11.8 Å². The third-order valence-corrected chi connectivity index (χ3v) is 5.94. The fourth-order valence-electron chi connectivity index (χ4n) is 3.80. The zero-order valence-electron chi connectivity index (χ0n) is 19.2. The first-order chi connectivity index (χ1) is 14.2. The maximum Gasteiger partial charge on any atom is 0.252 e. The molecule has 4 heteroatoms. The van der Waals surface area contributed by atoms with Gasteiger partial charge in [-0.1, -0.05) is 110 Å². The lowest BCUT2D eigenvalue weighted by atomic mass is 10.0. The number of unbranched alkanes of at least 4 members (excludes halogenated alkanes) is 16. The van der Waals surface area contributed by atoms with E-state index in [1.165, 1.54) is 109 Å². The molecule has 2 nitrogen and oxygen atoms in total. The number of rotatable bonds is 20. The Hall–Kier alpha value is -0.730. The van der Waals surface area contributed by atoms with Gasteiger partial charge in [0.05, 0.1) is 0 Å². The molecule has 0 aromatic heterocycles. The van der Waals surface area contributed by atoms with E-state index >= 15 is 0 Å². The first-order valence-corrected chi connectivity index (χ1v) is 12.7. The van der Waals surface area contributed by atoms with E-state index in [1.807, 2.05) is 12.1 Å². The molecule has 0 unspecified atom stereocenters. The summed E-state index contributed by atoms with van der Waals surface area (Å²) in [6, 6.07) is 7.38. The minimum Gasteiger partial charge on any atom is -0.385 e. The van der Waals surface area contributed by atoms with Crippen LogP contribution in [0.5, 0.6) is 0 Å². The summed E-state index contributed by atoms with van der Waals surface area (Å²) in [7, 11) is 0. The van der Waals surface area contributed by atoms with Crippen LogP contribution in [0.25, 0.3) is 0 Å². The molecule has 0 heterocycles. The van der Waals surface area contributed by atoms with Crippen LogP contribution in [0.2, 0.25) is 0 Å². The molecule has 30 heavy (non-hydrogen) atoms. The van der Waals surface area contributed by atoms with Gasteiger partial charge in [-0.05, 0) is 42.3 Å². The summed E-state index contributed by atoms with van der Waals surface area (Å²) < 4.78 is 0. The van der Waals surface area contributed by atoms with Crippen LogP contribution >= 0.6 is 24.0 Å². The second-order valence-electron chi connectivity index (χ2n) is 8.43. The Balaban J connectivity index is 0.00000841. The first kappa shape index (κ1) is 29.3. The first-order valence-electron chi connectivity index (χ1n) is 12.3. The molecule has 0 saturated carbocycles. The Bertz CT molecular complexity index is 504. The van der Waals surface area contributed by atoms with E-state index in [-0.39, 0.29) is 12.4 Å². The average Bonchev–Trinajstić information content (AvgIpc) is 2.73. The molecular weight excluding hydrogens is 413 g/mol. The molecule has 174 valence electrons. The predicted molar refractivity (Wildman–Crippen MR) is 137 cm³/mol. The van der Waals surface area contributed by atoms with E-state index in [9.17, 15) is 4.79 Å². The van der Waals surface area contributed by atoms with Crippen LogP contribution < -0.4 is 5.32 Å². The van der Waals surface area contributed by atoms with Gasteiger partial charge >= 0.3 is 0 Å². The van der Waals surface area contributed by atoms with Gasteiger partial charge in [0.2, 0.25) is 0 Å². The zero-order chi connectivity index (χ0) is 21.0. The van der Waals surface area contributed by atoms with Crippen molar-refractivity contribution in [1.82, 2.24) is 0 Å². The van der Waals surface area contributed by atoms with E-state index in [4.69, 9.17) is 11.6 Å². The highest BCUT2D eigenvalue weighted by Crippen LogP contribution is 2.15. The molecule has 0 saturated heterocycles. The lowest BCUT2D eigenvalue weighted by Gasteiger charge is -2.07. The van der Waals surface area contributed by atoms with E-state index in [0.717, 1.165) is 12.2 Å². The number of carbonyl (C=O) groups excluding carboxylic acids is 1. The number of nitrogens with one attached hydrogen (secondary N) is 1. The molecule has 0 spiro atoms. The van der Waals surface area contributed by atoms with Gasteiger partial charge in [0.25, 0.3) is 5.24 Å². The molecule has 1 N–H and O–H groups in total. The second-order valence-corrected chi connectivity index (χ2v) is 8.78. The Morgan fingerprint density at radius 3 is 1.40 bits per heavy atom.